The summed E-state index contributed by atoms with van der Waals surface area (Å²) in [7, 11) is 0. The van der Waals surface area contributed by atoms with Crippen LogP contribution >= 0.6 is 0 Å². The number of hydrogen-bond donors (Lipinski definition) is 3. The van der Waals surface area contributed by atoms with Crippen LogP contribution in [0.25, 0.3) is 0 Å². The van der Waals surface area contributed by atoms with Gasteiger partial charge < -0.3 is 20.8 Å². The number of non-ortho nitro benzene ring substituents is 1. The lowest BCUT2D eigenvalue weighted by atomic mass is 10.3. The highest BCUT2D eigenvalue weighted by molar-refractivity contribution is 5.89. The maximum absolute atomic E-state index is 11.5. The van der Waals surface area contributed by atoms with Crippen LogP contribution in [0.4, 0.5) is 22.2 Å². The number of amides is 2. The molecule has 0 aliphatic heterocycles. The van der Waals surface area contributed by atoms with Gasteiger partial charge >= 0.3 is 12.0 Å². The van der Waals surface area contributed by atoms with Crippen LogP contribution in [-0.2, 0) is 6.54 Å². The zero-order valence-electron chi connectivity index (χ0n) is 10.1. The van der Waals surface area contributed by atoms with E-state index in [4.69, 9.17) is 10.2 Å². The molecule has 2 aromatic rings. The minimum Gasteiger partial charge on any atom is -0.406 e. The molecule has 0 radical (unpaired) electrons. The predicted molar refractivity (Wildman–Crippen MR) is 67.7 cm³/mol. The summed E-state index contributed by atoms with van der Waals surface area (Å²) in [4.78, 5) is 21.5. The number of carbonyl (C=O) groups excluding carboxylic acids is 1. The van der Waals surface area contributed by atoms with Crippen molar-refractivity contribution in [2.45, 2.75) is 6.54 Å². The molecular weight excluding hydrogens is 268 g/mol. The summed E-state index contributed by atoms with van der Waals surface area (Å²) in [5, 5.41) is 22.4. The van der Waals surface area contributed by atoms with Gasteiger partial charge in [-0.3, -0.25) is 10.1 Å². The topological polar surface area (TPSA) is 149 Å². The molecule has 2 rings (SSSR count). The Hall–Kier alpha value is -3.17. The van der Waals surface area contributed by atoms with E-state index >= 15 is 0 Å². The van der Waals surface area contributed by atoms with E-state index in [2.05, 4.69) is 20.8 Å². The van der Waals surface area contributed by atoms with Crippen LogP contribution in [0.5, 0.6) is 0 Å². The van der Waals surface area contributed by atoms with Crippen LogP contribution < -0.4 is 16.4 Å². The van der Waals surface area contributed by atoms with Crippen molar-refractivity contribution in [2.75, 3.05) is 11.1 Å². The van der Waals surface area contributed by atoms with Gasteiger partial charge in [-0.2, -0.15) is 0 Å². The molecule has 1 aromatic heterocycles. The number of nitro groups is 1. The molecule has 4 N–H and O–H groups in total. The number of hydrogen-bond acceptors (Lipinski definition) is 7. The van der Waals surface area contributed by atoms with Gasteiger partial charge in [-0.25, -0.2) is 4.79 Å². The molecule has 0 bridgehead atoms. The van der Waals surface area contributed by atoms with E-state index in [-0.39, 0.29) is 24.1 Å². The van der Waals surface area contributed by atoms with Gasteiger partial charge in [0.15, 0.2) is 0 Å². The Morgan fingerprint density at radius 1 is 1.35 bits per heavy atom. The molecule has 0 spiro atoms. The molecule has 1 heterocycles. The molecule has 10 nitrogen and oxygen atoms in total. The van der Waals surface area contributed by atoms with E-state index in [1.807, 2.05) is 0 Å². The third-order valence-corrected chi connectivity index (χ3v) is 2.22. The molecule has 20 heavy (non-hydrogen) atoms. The Bertz CT molecular complexity index is 623. The molecule has 0 saturated carbocycles. The number of nitro benzene ring substituents is 1. The Kier molecular flexibility index (Phi) is 3.75. The van der Waals surface area contributed by atoms with Crippen molar-refractivity contribution < 1.29 is 14.1 Å². The first-order valence-electron chi connectivity index (χ1n) is 5.42. The van der Waals surface area contributed by atoms with Gasteiger partial charge in [-0.1, -0.05) is 5.10 Å². The van der Waals surface area contributed by atoms with Crippen molar-refractivity contribution >= 4 is 23.4 Å². The minimum atomic E-state index is -0.524. The van der Waals surface area contributed by atoms with Gasteiger partial charge in [-0.15, -0.1) is 5.10 Å². The first-order valence-corrected chi connectivity index (χ1v) is 5.42. The first kappa shape index (κ1) is 13.3. The van der Waals surface area contributed by atoms with Crippen LogP contribution in [0.1, 0.15) is 5.89 Å². The Morgan fingerprint density at radius 3 is 2.60 bits per heavy atom. The number of carbonyl (C=O) groups is 1. The molecule has 0 atom stereocenters. The third kappa shape index (κ3) is 3.41. The van der Waals surface area contributed by atoms with Crippen molar-refractivity contribution in [3.63, 3.8) is 0 Å². The number of urea groups is 1. The maximum atomic E-state index is 11.5. The largest absolute Gasteiger partial charge is 0.406 e. The quantitative estimate of drug-likeness (QED) is 0.554. The van der Waals surface area contributed by atoms with E-state index in [0.29, 0.717) is 5.69 Å². The number of rotatable bonds is 4. The average molecular weight is 278 g/mol. The molecule has 0 unspecified atom stereocenters. The van der Waals surface area contributed by atoms with Crippen molar-refractivity contribution in [2.24, 2.45) is 0 Å². The van der Waals surface area contributed by atoms with Crippen molar-refractivity contribution in [1.29, 1.82) is 0 Å². The summed E-state index contributed by atoms with van der Waals surface area (Å²) in [6.07, 6.45) is 0. The fourth-order valence-electron chi connectivity index (χ4n) is 1.34. The summed E-state index contributed by atoms with van der Waals surface area (Å²) < 4.78 is 4.86. The summed E-state index contributed by atoms with van der Waals surface area (Å²) in [5.74, 6) is 0.168. The highest BCUT2D eigenvalue weighted by Crippen LogP contribution is 2.15. The molecule has 0 aliphatic rings. The monoisotopic (exact) mass is 278 g/mol. The van der Waals surface area contributed by atoms with E-state index in [1.54, 1.807) is 0 Å². The molecule has 1 aromatic carbocycles. The fourth-order valence-corrected chi connectivity index (χ4v) is 1.34. The van der Waals surface area contributed by atoms with Crippen LogP contribution in [0.2, 0.25) is 0 Å². The van der Waals surface area contributed by atoms with Crippen molar-refractivity contribution in [3.8, 4) is 0 Å². The van der Waals surface area contributed by atoms with E-state index in [0.717, 1.165) is 0 Å². The number of nitrogens with zero attached hydrogens (tertiary/aromatic N) is 3. The van der Waals surface area contributed by atoms with Crippen LogP contribution in [0, 0.1) is 10.1 Å². The number of benzene rings is 1. The zero-order chi connectivity index (χ0) is 14.5. The minimum absolute atomic E-state index is 0.0169. The van der Waals surface area contributed by atoms with E-state index < -0.39 is 11.0 Å². The molecule has 2 amide bonds. The first-order chi connectivity index (χ1) is 9.54. The third-order valence-electron chi connectivity index (χ3n) is 2.22. The molecule has 0 aliphatic carbocycles. The van der Waals surface area contributed by atoms with Gasteiger partial charge in [0, 0.05) is 17.8 Å². The highest BCUT2D eigenvalue weighted by atomic mass is 16.6. The second-order valence-electron chi connectivity index (χ2n) is 3.65. The van der Waals surface area contributed by atoms with Crippen LogP contribution in [-0.4, -0.2) is 21.2 Å². The van der Waals surface area contributed by atoms with Crippen molar-refractivity contribution in [3.05, 3.63) is 40.3 Å². The second-order valence-corrected chi connectivity index (χ2v) is 3.65. The van der Waals surface area contributed by atoms with Gasteiger partial charge in [-0.05, 0) is 12.1 Å². The summed E-state index contributed by atoms with van der Waals surface area (Å²) in [6, 6.07) is 4.81. The average Bonchev–Trinajstić information content (AvgIpc) is 2.83. The maximum Gasteiger partial charge on any atom is 0.319 e. The molecule has 0 saturated heterocycles. The Labute approximate surface area is 112 Å². The second kappa shape index (κ2) is 5.65. The number of anilines is 2. The number of aromatic nitrogens is 2. The molecule has 10 heteroatoms. The number of nitrogen functional groups attached to an aromatic ring is 1. The normalized spacial score (nSPS) is 10.0. The summed E-state index contributed by atoms with van der Waals surface area (Å²) in [5.41, 5.74) is 5.58. The van der Waals surface area contributed by atoms with Crippen LogP contribution in [0.3, 0.4) is 0 Å². The van der Waals surface area contributed by atoms with Gasteiger partial charge in [0.1, 0.15) is 0 Å². The highest BCUT2D eigenvalue weighted by Gasteiger charge is 2.08. The van der Waals surface area contributed by atoms with Gasteiger partial charge in [0.2, 0.25) is 5.89 Å². The smallest absolute Gasteiger partial charge is 0.319 e. The Morgan fingerprint density at radius 2 is 2.05 bits per heavy atom. The molecular formula is C10H10N6O4. The molecule has 104 valence electrons. The molecule has 0 fully saturated rings. The predicted octanol–water partition coefficient (Wildman–Crippen LogP) is 0.882. The Balaban J connectivity index is 1.86. The van der Waals surface area contributed by atoms with Crippen molar-refractivity contribution in [1.82, 2.24) is 15.5 Å². The van der Waals surface area contributed by atoms with Crippen LogP contribution in [0.15, 0.2) is 28.7 Å². The van der Waals surface area contributed by atoms with Gasteiger partial charge in [0.25, 0.3) is 5.69 Å². The lowest BCUT2D eigenvalue weighted by Crippen LogP contribution is -2.28. The summed E-state index contributed by atoms with van der Waals surface area (Å²) >= 11 is 0. The number of nitrogens with one attached hydrogen (secondary N) is 2. The lowest BCUT2D eigenvalue weighted by molar-refractivity contribution is -0.384. The van der Waals surface area contributed by atoms with E-state index in [9.17, 15) is 14.9 Å². The lowest BCUT2D eigenvalue weighted by Gasteiger charge is -2.05. The van der Waals surface area contributed by atoms with E-state index in [1.165, 1.54) is 24.3 Å². The standard InChI is InChI=1S/C10H10N6O4/c11-9-15-14-8(20-9)5-12-10(17)13-6-1-3-7(4-2-6)16(18)19/h1-4H,5H2,(H2,11,15)(H2,12,13,17). The number of nitrogens with two attached hydrogens (primary N) is 1. The summed E-state index contributed by atoms with van der Waals surface area (Å²) in [6.45, 7) is 0.0169. The fraction of sp³-hybridized carbons (Fsp3) is 0.100. The SMILES string of the molecule is Nc1nnc(CNC(=O)Nc2ccc([N+](=O)[O-])cc2)o1. The zero-order valence-corrected chi connectivity index (χ0v) is 10.1. The van der Waals surface area contributed by atoms with Gasteiger partial charge in [0.05, 0.1) is 11.5 Å².